The van der Waals surface area contributed by atoms with Crippen molar-refractivity contribution in [3.05, 3.63) is 54.0 Å². The summed E-state index contributed by atoms with van der Waals surface area (Å²) in [5.74, 6) is 1.08. The highest BCUT2D eigenvalue weighted by Gasteiger charge is 2.30. The molecule has 1 aromatic heterocycles. The van der Waals surface area contributed by atoms with Crippen molar-refractivity contribution in [3.8, 4) is 0 Å². The Balaban J connectivity index is 1.95. The van der Waals surface area contributed by atoms with Crippen molar-refractivity contribution >= 4 is 0 Å². The van der Waals surface area contributed by atoms with Gasteiger partial charge in [-0.15, -0.1) is 0 Å². The maximum atomic E-state index is 4.46. The van der Waals surface area contributed by atoms with Crippen LogP contribution < -0.4 is 5.32 Å². The average Bonchev–Trinajstić information content (AvgIpc) is 2.78. The molecule has 1 N–H and O–H groups in total. The summed E-state index contributed by atoms with van der Waals surface area (Å²) < 4.78 is 0. The van der Waals surface area contributed by atoms with Crippen LogP contribution in [0.15, 0.2) is 48.3 Å². The van der Waals surface area contributed by atoms with Crippen LogP contribution in [0.2, 0.25) is 0 Å². The lowest BCUT2D eigenvalue weighted by molar-refractivity contribution is 0.556. The number of rotatable bonds is 1. The van der Waals surface area contributed by atoms with Gasteiger partial charge in [0, 0.05) is 36.0 Å². The summed E-state index contributed by atoms with van der Waals surface area (Å²) >= 11 is 0. The first-order valence-corrected chi connectivity index (χ1v) is 5.48. The van der Waals surface area contributed by atoms with E-state index in [1.807, 2.05) is 12.3 Å². The zero-order chi connectivity index (χ0) is 10.1. The van der Waals surface area contributed by atoms with Crippen molar-refractivity contribution in [1.29, 1.82) is 0 Å². The van der Waals surface area contributed by atoms with Gasteiger partial charge in [0.25, 0.3) is 0 Å². The highest BCUT2D eigenvalue weighted by molar-refractivity contribution is 5.32. The summed E-state index contributed by atoms with van der Waals surface area (Å²) in [7, 11) is 0. The van der Waals surface area contributed by atoms with Gasteiger partial charge in [-0.25, -0.2) is 0 Å². The monoisotopic (exact) mass is 198 g/mol. The Hall–Kier alpha value is -1.57. The molecule has 1 aromatic rings. The van der Waals surface area contributed by atoms with E-state index in [0.29, 0.717) is 11.8 Å². The van der Waals surface area contributed by atoms with E-state index >= 15 is 0 Å². The van der Waals surface area contributed by atoms with Crippen LogP contribution in [0, 0.1) is 5.92 Å². The molecule has 1 saturated heterocycles. The largest absolute Gasteiger partial charge is 0.388 e. The highest BCUT2D eigenvalue weighted by Crippen LogP contribution is 2.37. The van der Waals surface area contributed by atoms with E-state index in [4.69, 9.17) is 0 Å². The molecule has 1 aliphatic carbocycles. The molecule has 15 heavy (non-hydrogen) atoms. The lowest BCUT2D eigenvalue weighted by Gasteiger charge is -2.23. The van der Waals surface area contributed by atoms with Crippen molar-refractivity contribution < 1.29 is 0 Å². The van der Waals surface area contributed by atoms with E-state index in [1.165, 1.54) is 17.8 Å². The highest BCUT2D eigenvalue weighted by atomic mass is 14.9. The Morgan fingerprint density at radius 3 is 3.20 bits per heavy atom. The molecule has 76 valence electrons. The van der Waals surface area contributed by atoms with Crippen LogP contribution in [0.5, 0.6) is 0 Å². The van der Waals surface area contributed by atoms with Gasteiger partial charge in [0.2, 0.25) is 0 Å². The zero-order valence-electron chi connectivity index (χ0n) is 8.56. The molecule has 2 heteroatoms. The Kier molecular flexibility index (Phi) is 2.05. The molecule has 0 spiro atoms. The molecule has 2 aliphatic rings. The maximum absolute atomic E-state index is 4.46. The topological polar surface area (TPSA) is 24.9 Å². The predicted octanol–water partition coefficient (Wildman–Crippen LogP) is 2.23. The van der Waals surface area contributed by atoms with Crippen LogP contribution >= 0.6 is 0 Å². The number of pyridine rings is 1. The normalized spacial score (nSPS) is 28.1. The fourth-order valence-corrected chi connectivity index (χ4v) is 2.51. The summed E-state index contributed by atoms with van der Waals surface area (Å²) in [6.45, 7) is 1.10. The van der Waals surface area contributed by atoms with Crippen LogP contribution in [0.4, 0.5) is 0 Å². The SMILES string of the molecule is C1=CC(c2ccccn2)C2CCNC2=C1. The minimum Gasteiger partial charge on any atom is -0.388 e. The molecular weight excluding hydrogens is 184 g/mol. The summed E-state index contributed by atoms with van der Waals surface area (Å²) in [5, 5.41) is 3.44. The maximum Gasteiger partial charge on any atom is 0.0479 e. The van der Waals surface area contributed by atoms with E-state index in [1.54, 1.807) is 0 Å². The van der Waals surface area contributed by atoms with E-state index in [0.717, 1.165) is 6.54 Å². The Bertz CT molecular complexity index is 406. The van der Waals surface area contributed by atoms with Crippen LogP contribution in [0.1, 0.15) is 18.0 Å². The predicted molar refractivity (Wildman–Crippen MR) is 60.3 cm³/mol. The second-order valence-corrected chi connectivity index (χ2v) is 4.11. The number of fused-ring (bicyclic) bond motifs is 1. The fourth-order valence-electron chi connectivity index (χ4n) is 2.51. The molecular formula is C13H14N2. The lowest BCUT2D eigenvalue weighted by atomic mass is 9.83. The first-order valence-electron chi connectivity index (χ1n) is 5.48. The minimum absolute atomic E-state index is 0.459. The number of nitrogens with one attached hydrogen (secondary N) is 1. The van der Waals surface area contributed by atoms with Gasteiger partial charge in [-0.2, -0.15) is 0 Å². The first kappa shape index (κ1) is 8.72. The van der Waals surface area contributed by atoms with Gasteiger partial charge in [0.15, 0.2) is 0 Å². The summed E-state index contributed by atoms with van der Waals surface area (Å²) in [5.41, 5.74) is 2.57. The van der Waals surface area contributed by atoms with Crippen molar-refractivity contribution in [2.45, 2.75) is 12.3 Å². The van der Waals surface area contributed by atoms with Crippen LogP contribution in [-0.2, 0) is 0 Å². The lowest BCUT2D eigenvalue weighted by Crippen LogP contribution is -2.16. The van der Waals surface area contributed by atoms with Gasteiger partial charge < -0.3 is 5.32 Å². The molecule has 0 amide bonds. The van der Waals surface area contributed by atoms with Crippen LogP contribution in [0.3, 0.4) is 0 Å². The van der Waals surface area contributed by atoms with Gasteiger partial charge in [0.05, 0.1) is 0 Å². The van der Waals surface area contributed by atoms with Gasteiger partial charge >= 0.3 is 0 Å². The average molecular weight is 198 g/mol. The summed E-state index contributed by atoms with van der Waals surface area (Å²) in [4.78, 5) is 4.46. The molecule has 2 heterocycles. The fraction of sp³-hybridized carbons (Fsp3) is 0.308. The molecule has 0 bridgehead atoms. The second kappa shape index (κ2) is 3.54. The molecule has 2 unspecified atom stereocenters. The van der Waals surface area contributed by atoms with E-state index in [-0.39, 0.29) is 0 Å². The molecule has 0 radical (unpaired) electrons. The number of hydrogen-bond donors (Lipinski definition) is 1. The molecule has 2 nitrogen and oxygen atoms in total. The molecule has 1 aliphatic heterocycles. The van der Waals surface area contributed by atoms with Gasteiger partial charge in [0.1, 0.15) is 0 Å². The number of aromatic nitrogens is 1. The minimum atomic E-state index is 0.459. The Morgan fingerprint density at radius 1 is 1.33 bits per heavy atom. The molecule has 1 fully saturated rings. The van der Waals surface area contributed by atoms with Crippen molar-refractivity contribution in [3.63, 3.8) is 0 Å². The van der Waals surface area contributed by atoms with Crippen molar-refractivity contribution in [1.82, 2.24) is 10.3 Å². The van der Waals surface area contributed by atoms with E-state index in [9.17, 15) is 0 Å². The molecule has 3 rings (SSSR count). The standard InChI is InChI=1S/C13H14N2/c1-2-8-14-12(5-1)10-4-3-6-13-11(10)7-9-15-13/h1-6,8,10-11,15H,7,9H2. The smallest absolute Gasteiger partial charge is 0.0479 e. The van der Waals surface area contributed by atoms with Crippen LogP contribution in [-0.4, -0.2) is 11.5 Å². The quantitative estimate of drug-likeness (QED) is 0.748. The third kappa shape index (κ3) is 1.46. The summed E-state index contributed by atoms with van der Waals surface area (Å²) in [6.07, 6.45) is 9.70. The molecule has 0 saturated carbocycles. The Morgan fingerprint density at radius 2 is 2.33 bits per heavy atom. The third-order valence-electron chi connectivity index (χ3n) is 3.24. The van der Waals surface area contributed by atoms with Gasteiger partial charge in [-0.1, -0.05) is 18.2 Å². The third-order valence-corrected chi connectivity index (χ3v) is 3.24. The van der Waals surface area contributed by atoms with Crippen molar-refractivity contribution in [2.24, 2.45) is 5.92 Å². The zero-order valence-corrected chi connectivity index (χ0v) is 8.56. The summed E-state index contributed by atoms with van der Waals surface area (Å²) in [6, 6.07) is 6.16. The first-order chi connectivity index (χ1) is 7.45. The molecule has 0 aromatic carbocycles. The Labute approximate surface area is 89.7 Å². The van der Waals surface area contributed by atoms with E-state index < -0.39 is 0 Å². The van der Waals surface area contributed by atoms with Gasteiger partial charge in [-0.05, 0) is 24.6 Å². The van der Waals surface area contributed by atoms with Gasteiger partial charge in [-0.3, -0.25) is 4.98 Å². The number of nitrogens with zero attached hydrogens (tertiary/aromatic N) is 1. The number of allylic oxidation sites excluding steroid dienone is 4. The van der Waals surface area contributed by atoms with E-state index in [2.05, 4.69) is 40.7 Å². The molecule has 2 atom stereocenters. The van der Waals surface area contributed by atoms with Crippen LogP contribution in [0.25, 0.3) is 0 Å². The second-order valence-electron chi connectivity index (χ2n) is 4.11. The number of hydrogen-bond acceptors (Lipinski definition) is 2. The van der Waals surface area contributed by atoms with Crippen molar-refractivity contribution in [2.75, 3.05) is 6.54 Å².